The van der Waals surface area contributed by atoms with E-state index >= 15 is 0 Å². The van der Waals surface area contributed by atoms with Gasteiger partial charge in [-0.3, -0.25) is 14.9 Å². The molecule has 68 valence electrons. The van der Waals surface area contributed by atoms with Crippen LogP contribution in [0.25, 0.3) is 0 Å². The van der Waals surface area contributed by atoms with Crippen LogP contribution >= 0.6 is 0 Å². The van der Waals surface area contributed by atoms with Crippen molar-refractivity contribution < 1.29 is 14.5 Å². The number of allylic oxidation sites excluding steroid dienone is 1. The highest BCUT2D eigenvalue weighted by Crippen LogP contribution is 2.26. The van der Waals surface area contributed by atoms with Gasteiger partial charge in [-0.25, -0.2) is 0 Å². The molecule has 2 rings (SSSR count). The second-order valence-corrected chi connectivity index (χ2v) is 2.98. The number of nitro groups is 1. The summed E-state index contributed by atoms with van der Waals surface area (Å²) in [4.78, 5) is 21.0. The minimum absolute atomic E-state index is 0.0277. The van der Waals surface area contributed by atoms with Crippen molar-refractivity contribution in [1.82, 2.24) is 0 Å². The Labute approximate surface area is 73.8 Å². The number of carbonyl (C=O) groups is 1. The van der Waals surface area contributed by atoms with E-state index in [4.69, 9.17) is 4.74 Å². The quantitative estimate of drug-likeness (QED) is 0.431. The van der Waals surface area contributed by atoms with Crippen LogP contribution in [0.3, 0.4) is 0 Å². The maximum absolute atomic E-state index is 11.2. The monoisotopic (exact) mass is 181 g/mol. The Kier molecular flexibility index (Phi) is 1.73. The van der Waals surface area contributed by atoms with Gasteiger partial charge in [-0.05, 0) is 6.08 Å². The number of ether oxygens (including phenoxy) is 1. The van der Waals surface area contributed by atoms with Gasteiger partial charge < -0.3 is 4.74 Å². The molecule has 0 aromatic carbocycles. The molecule has 0 spiro atoms. The molecule has 2 unspecified atom stereocenters. The zero-order chi connectivity index (χ0) is 9.42. The van der Waals surface area contributed by atoms with Crippen molar-refractivity contribution in [3.63, 3.8) is 0 Å². The van der Waals surface area contributed by atoms with Crippen LogP contribution < -0.4 is 0 Å². The third-order valence-electron chi connectivity index (χ3n) is 2.16. The lowest BCUT2D eigenvalue weighted by Crippen LogP contribution is -2.20. The van der Waals surface area contributed by atoms with Crippen molar-refractivity contribution in [2.45, 2.75) is 6.10 Å². The van der Waals surface area contributed by atoms with Gasteiger partial charge in [0.1, 0.15) is 6.61 Å². The summed E-state index contributed by atoms with van der Waals surface area (Å²) in [6, 6.07) is 0. The molecule has 1 heterocycles. The first-order chi connectivity index (χ1) is 6.18. The first-order valence-corrected chi connectivity index (χ1v) is 3.87. The van der Waals surface area contributed by atoms with Crippen LogP contribution in [0.15, 0.2) is 23.9 Å². The van der Waals surface area contributed by atoms with E-state index in [9.17, 15) is 14.9 Å². The maximum Gasteiger partial charge on any atom is 0.266 e. The average molecular weight is 181 g/mol. The first kappa shape index (κ1) is 8.12. The second-order valence-electron chi connectivity index (χ2n) is 2.98. The van der Waals surface area contributed by atoms with E-state index in [0.717, 1.165) is 0 Å². The molecule has 13 heavy (non-hydrogen) atoms. The Morgan fingerprint density at radius 1 is 1.62 bits per heavy atom. The maximum atomic E-state index is 11.2. The van der Waals surface area contributed by atoms with Crippen molar-refractivity contribution >= 4 is 5.78 Å². The van der Waals surface area contributed by atoms with Gasteiger partial charge in [-0.1, -0.05) is 0 Å². The normalized spacial score (nSPS) is 31.4. The fourth-order valence-electron chi connectivity index (χ4n) is 1.48. The van der Waals surface area contributed by atoms with E-state index in [-0.39, 0.29) is 24.2 Å². The fourth-order valence-corrected chi connectivity index (χ4v) is 1.48. The highest BCUT2D eigenvalue weighted by atomic mass is 16.6. The predicted octanol–water partition coefficient (Wildman–Crippen LogP) is 0.301. The summed E-state index contributed by atoms with van der Waals surface area (Å²) in [5.74, 6) is -0.543. The molecule has 0 saturated carbocycles. The van der Waals surface area contributed by atoms with Gasteiger partial charge in [0.25, 0.3) is 5.70 Å². The average Bonchev–Trinajstić information content (AvgIpc) is 2.47. The molecule has 1 aliphatic heterocycles. The molecule has 0 amide bonds. The standard InChI is InChI=1S/C8H7NO4/c10-7-4-13-8-2-1-5(9(11)12)3-6(7)8/h1-3,6,8H,4H2. The third-order valence-corrected chi connectivity index (χ3v) is 2.16. The molecule has 2 aliphatic rings. The minimum atomic E-state index is -0.502. The smallest absolute Gasteiger partial charge is 0.266 e. The fraction of sp³-hybridized carbons (Fsp3) is 0.375. The molecule has 1 fully saturated rings. The topological polar surface area (TPSA) is 69.4 Å². The Hall–Kier alpha value is -1.49. The highest BCUT2D eigenvalue weighted by Gasteiger charge is 2.36. The Morgan fingerprint density at radius 2 is 2.38 bits per heavy atom. The van der Waals surface area contributed by atoms with Gasteiger partial charge in [-0.2, -0.15) is 0 Å². The molecule has 0 aromatic heterocycles. The predicted molar refractivity (Wildman–Crippen MR) is 42.5 cm³/mol. The summed E-state index contributed by atoms with van der Waals surface area (Å²) in [6.45, 7) is 0.0567. The largest absolute Gasteiger partial charge is 0.365 e. The molecular weight excluding hydrogens is 174 g/mol. The van der Waals surface area contributed by atoms with Crippen LogP contribution in [0, 0.1) is 16.0 Å². The summed E-state index contributed by atoms with van der Waals surface area (Å²) in [6.07, 6.45) is 4.00. The Morgan fingerprint density at radius 3 is 3.08 bits per heavy atom. The van der Waals surface area contributed by atoms with Gasteiger partial charge >= 0.3 is 0 Å². The molecule has 0 N–H and O–H groups in total. The summed E-state index contributed by atoms with van der Waals surface area (Å²) in [5, 5.41) is 10.4. The number of nitrogens with zero attached hydrogens (tertiary/aromatic N) is 1. The molecule has 5 heteroatoms. The summed E-state index contributed by atoms with van der Waals surface area (Å²) in [7, 11) is 0. The number of fused-ring (bicyclic) bond motifs is 1. The van der Waals surface area contributed by atoms with Gasteiger partial charge in [-0.15, -0.1) is 0 Å². The zero-order valence-corrected chi connectivity index (χ0v) is 6.67. The van der Waals surface area contributed by atoms with Gasteiger partial charge in [0.15, 0.2) is 5.78 Å². The van der Waals surface area contributed by atoms with E-state index in [1.165, 1.54) is 12.2 Å². The lowest BCUT2D eigenvalue weighted by Gasteiger charge is -2.11. The Bertz CT molecular complexity index is 331. The summed E-state index contributed by atoms with van der Waals surface area (Å²) >= 11 is 0. The van der Waals surface area contributed by atoms with Crippen molar-refractivity contribution in [2.24, 2.45) is 5.92 Å². The molecule has 0 aromatic rings. The van der Waals surface area contributed by atoms with Gasteiger partial charge in [0.2, 0.25) is 0 Å². The molecule has 1 saturated heterocycles. The minimum Gasteiger partial charge on any atom is -0.365 e. The summed E-state index contributed by atoms with van der Waals surface area (Å²) < 4.78 is 5.09. The van der Waals surface area contributed by atoms with Gasteiger partial charge in [0, 0.05) is 12.2 Å². The van der Waals surface area contributed by atoms with Crippen molar-refractivity contribution in [3.05, 3.63) is 34.0 Å². The second kappa shape index (κ2) is 2.77. The first-order valence-electron chi connectivity index (χ1n) is 3.87. The number of ketones is 1. The van der Waals surface area contributed by atoms with E-state index in [1.54, 1.807) is 6.08 Å². The van der Waals surface area contributed by atoms with Crippen LogP contribution in [0.2, 0.25) is 0 Å². The van der Waals surface area contributed by atoms with E-state index < -0.39 is 10.8 Å². The molecular formula is C8H7NO4. The Balaban J connectivity index is 2.29. The lowest BCUT2D eigenvalue weighted by molar-refractivity contribution is -0.419. The zero-order valence-electron chi connectivity index (χ0n) is 6.67. The SMILES string of the molecule is O=C1COC2C=CC([N+](=O)[O-])=CC12. The highest BCUT2D eigenvalue weighted by molar-refractivity contribution is 5.87. The molecule has 0 bridgehead atoms. The van der Waals surface area contributed by atoms with E-state index in [2.05, 4.69) is 0 Å². The van der Waals surface area contributed by atoms with Crippen LogP contribution in [0.5, 0.6) is 0 Å². The number of hydrogen-bond acceptors (Lipinski definition) is 4. The van der Waals surface area contributed by atoms with Crippen LogP contribution in [0.4, 0.5) is 0 Å². The van der Waals surface area contributed by atoms with E-state index in [1.807, 2.05) is 0 Å². The number of carbonyl (C=O) groups excluding carboxylic acids is 1. The third kappa shape index (κ3) is 1.27. The molecule has 2 atom stereocenters. The molecule has 0 radical (unpaired) electrons. The van der Waals surface area contributed by atoms with Crippen molar-refractivity contribution in [3.8, 4) is 0 Å². The van der Waals surface area contributed by atoms with Gasteiger partial charge in [0.05, 0.1) is 16.9 Å². The van der Waals surface area contributed by atoms with Crippen LogP contribution in [-0.4, -0.2) is 23.4 Å². The van der Waals surface area contributed by atoms with Crippen LogP contribution in [0.1, 0.15) is 0 Å². The number of rotatable bonds is 1. The number of Topliss-reactive ketones (excluding diaryl/α,β-unsaturated/α-hetero) is 1. The summed E-state index contributed by atoms with van der Waals surface area (Å²) in [5.41, 5.74) is -0.0277. The van der Waals surface area contributed by atoms with E-state index in [0.29, 0.717) is 0 Å². The lowest BCUT2D eigenvalue weighted by atomic mass is 9.95. The van der Waals surface area contributed by atoms with Crippen LogP contribution in [-0.2, 0) is 9.53 Å². The number of hydrogen-bond donors (Lipinski definition) is 0. The van der Waals surface area contributed by atoms with Crippen molar-refractivity contribution in [2.75, 3.05) is 6.61 Å². The molecule has 5 nitrogen and oxygen atoms in total. The molecule has 1 aliphatic carbocycles. The van der Waals surface area contributed by atoms with Crippen molar-refractivity contribution in [1.29, 1.82) is 0 Å².